The largest absolute Gasteiger partial charge is 0.480 e. The molecular formula is C8H15NO4. The van der Waals surface area contributed by atoms with Gasteiger partial charge in [0.15, 0.2) is 0 Å². The average Bonchev–Trinajstić information content (AvgIpc) is 2.11. The number of carboxylic acid groups (broad SMARTS) is 1. The Morgan fingerprint density at radius 3 is 2.38 bits per heavy atom. The average molecular weight is 189 g/mol. The Kier molecular flexibility index (Phi) is 4.87. The molecule has 0 unspecified atom stereocenters. The third kappa shape index (κ3) is 3.78. The fourth-order valence-corrected chi connectivity index (χ4v) is 0.869. The molecule has 0 aliphatic carbocycles. The van der Waals surface area contributed by atoms with Crippen molar-refractivity contribution in [2.45, 2.75) is 26.3 Å². The topological polar surface area (TPSA) is 75.6 Å². The molecule has 0 heterocycles. The van der Waals surface area contributed by atoms with Crippen LogP contribution in [-0.2, 0) is 9.53 Å². The number of alkyl carbamates (subject to hydrolysis) is 1. The molecule has 0 radical (unpaired) electrons. The van der Waals surface area contributed by atoms with Gasteiger partial charge in [-0.2, -0.15) is 0 Å². The van der Waals surface area contributed by atoms with E-state index in [1.807, 2.05) is 6.92 Å². The van der Waals surface area contributed by atoms with E-state index in [9.17, 15) is 9.59 Å². The van der Waals surface area contributed by atoms with E-state index >= 15 is 0 Å². The van der Waals surface area contributed by atoms with Gasteiger partial charge in [0.05, 0.1) is 7.11 Å². The maximum Gasteiger partial charge on any atom is 0.407 e. The lowest BCUT2D eigenvalue weighted by atomic mass is 10.00. The van der Waals surface area contributed by atoms with E-state index < -0.39 is 18.1 Å². The van der Waals surface area contributed by atoms with Crippen molar-refractivity contribution >= 4 is 12.1 Å². The van der Waals surface area contributed by atoms with Crippen molar-refractivity contribution in [1.82, 2.24) is 5.32 Å². The van der Waals surface area contributed by atoms with E-state index in [0.717, 1.165) is 0 Å². The molecule has 76 valence electrons. The van der Waals surface area contributed by atoms with Gasteiger partial charge in [0, 0.05) is 0 Å². The normalized spacial score (nSPS) is 14.4. The van der Waals surface area contributed by atoms with E-state index in [-0.39, 0.29) is 5.92 Å². The van der Waals surface area contributed by atoms with Crippen LogP contribution in [0.2, 0.25) is 0 Å². The van der Waals surface area contributed by atoms with Crippen LogP contribution in [0.4, 0.5) is 4.79 Å². The third-order valence-electron chi connectivity index (χ3n) is 1.94. The zero-order chi connectivity index (χ0) is 10.4. The SMILES string of the molecule is CC[C@H](C)[C@@H](NC(=O)OC)C(=O)O. The van der Waals surface area contributed by atoms with Gasteiger partial charge in [-0.1, -0.05) is 20.3 Å². The summed E-state index contributed by atoms with van der Waals surface area (Å²) in [7, 11) is 1.20. The highest BCUT2D eigenvalue weighted by atomic mass is 16.5. The van der Waals surface area contributed by atoms with E-state index in [1.54, 1.807) is 6.92 Å². The number of ether oxygens (including phenoxy) is 1. The van der Waals surface area contributed by atoms with Crippen molar-refractivity contribution in [3.63, 3.8) is 0 Å². The quantitative estimate of drug-likeness (QED) is 0.687. The van der Waals surface area contributed by atoms with Gasteiger partial charge in [-0.15, -0.1) is 0 Å². The van der Waals surface area contributed by atoms with Gasteiger partial charge in [0.2, 0.25) is 0 Å². The summed E-state index contributed by atoms with van der Waals surface area (Å²) in [5, 5.41) is 11.0. The molecule has 0 saturated carbocycles. The standard InChI is InChI=1S/C8H15NO4/c1-4-5(2)6(7(10)11)9-8(12)13-3/h5-6H,4H2,1-3H3,(H,9,12)(H,10,11)/t5-,6+/m0/s1. The number of carbonyl (C=O) groups is 2. The number of aliphatic carboxylic acids is 1. The molecule has 0 aromatic carbocycles. The van der Waals surface area contributed by atoms with Crippen LogP contribution in [-0.4, -0.2) is 30.3 Å². The van der Waals surface area contributed by atoms with Crippen molar-refractivity contribution in [2.75, 3.05) is 7.11 Å². The molecule has 5 nitrogen and oxygen atoms in total. The van der Waals surface area contributed by atoms with Crippen LogP contribution in [0.5, 0.6) is 0 Å². The Morgan fingerprint density at radius 1 is 1.54 bits per heavy atom. The minimum atomic E-state index is -1.04. The molecule has 0 saturated heterocycles. The molecule has 0 bridgehead atoms. The number of amides is 1. The Balaban J connectivity index is 4.26. The maximum absolute atomic E-state index is 10.8. The molecule has 13 heavy (non-hydrogen) atoms. The number of hydrogen-bond acceptors (Lipinski definition) is 3. The molecule has 0 fully saturated rings. The number of nitrogens with one attached hydrogen (secondary N) is 1. The predicted molar refractivity (Wildman–Crippen MR) is 46.4 cm³/mol. The summed E-state index contributed by atoms with van der Waals surface area (Å²) in [6.07, 6.45) is -0.0336. The van der Waals surface area contributed by atoms with Crippen LogP contribution in [0.25, 0.3) is 0 Å². The van der Waals surface area contributed by atoms with Gasteiger partial charge in [0.1, 0.15) is 6.04 Å². The molecule has 2 N–H and O–H groups in total. The van der Waals surface area contributed by atoms with Crippen LogP contribution in [0.15, 0.2) is 0 Å². The molecule has 1 amide bonds. The molecule has 5 heteroatoms. The van der Waals surface area contributed by atoms with Gasteiger partial charge in [-0.05, 0) is 5.92 Å². The summed E-state index contributed by atoms with van der Waals surface area (Å²) in [4.78, 5) is 21.4. The number of methoxy groups -OCH3 is 1. The van der Waals surface area contributed by atoms with Crippen LogP contribution < -0.4 is 5.32 Å². The number of carboxylic acids is 1. The number of rotatable bonds is 4. The molecule has 0 aromatic rings. The summed E-state index contributed by atoms with van der Waals surface area (Å²) >= 11 is 0. The first-order chi connectivity index (χ1) is 6.02. The lowest BCUT2D eigenvalue weighted by Gasteiger charge is -2.18. The minimum absolute atomic E-state index is 0.114. The molecule has 0 aliphatic rings. The van der Waals surface area contributed by atoms with Gasteiger partial charge in [0.25, 0.3) is 0 Å². The second-order valence-electron chi connectivity index (χ2n) is 2.84. The molecule has 0 aliphatic heterocycles. The van der Waals surface area contributed by atoms with Crippen molar-refractivity contribution in [3.05, 3.63) is 0 Å². The number of hydrogen-bond donors (Lipinski definition) is 2. The molecule has 0 spiro atoms. The van der Waals surface area contributed by atoms with Crippen molar-refractivity contribution < 1.29 is 19.4 Å². The Hall–Kier alpha value is -1.26. The lowest BCUT2D eigenvalue weighted by molar-refractivity contribution is -0.140. The van der Waals surface area contributed by atoms with Crippen molar-refractivity contribution in [1.29, 1.82) is 0 Å². The fraction of sp³-hybridized carbons (Fsp3) is 0.750. The first-order valence-electron chi connectivity index (χ1n) is 4.10. The highest BCUT2D eigenvalue weighted by Gasteiger charge is 2.25. The number of carbonyl (C=O) groups excluding carboxylic acids is 1. The maximum atomic E-state index is 10.8. The van der Waals surface area contributed by atoms with Crippen molar-refractivity contribution in [3.8, 4) is 0 Å². The second-order valence-corrected chi connectivity index (χ2v) is 2.84. The lowest BCUT2D eigenvalue weighted by Crippen LogP contribution is -2.44. The predicted octanol–water partition coefficient (Wildman–Crippen LogP) is 0.842. The van der Waals surface area contributed by atoms with Crippen LogP contribution >= 0.6 is 0 Å². The zero-order valence-corrected chi connectivity index (χ0v) is 8.03. The van der Waals surface area contributed by atoms with E-state index in [0.29, 0.717) is 6.42 Å². The Labute approximate surface area is 77.1 Å². The first kappa shape index (κ1) is 11.7. The van der Waals surface area contributed by atoms with Crippen LogP contribution in [0.3, 0.4) is 0 Å². The summed E-state index contributed by atoms with van der Waals surface area (Å²) < 4.78 is 4.31. The zero-order valence-electron chi connectivity index (χ0n) is 8.03. The third-order valence-corrected chi connectivity index (χ3v) is 1.94. The monoisotopic (exact) mass is 189 g/mol. The first-order valence-corrected chi connectivity index (χ1v) is 4.10. The highest BCUT2D eigenvalue weighted by Crippen LogP contribution is 2.07. The van der Waals surface area contributed by atoms with E-state index in [4.69, 9.17) is 5.11 Å². The molecule has 2 atom stereocenters. The summed E-state index contributed by atoms with van der Waals surface area (Å²) in [6, 6.07) is -0.877. The van der Waals surface area contributed by atoms with Gasteiger partial charge in [-0.3, -0.25) is 0 Å². The molecule has 0 rings (SSSR count). The van der Waals surface area contributed by atoms with Crippen molar-refractivity contribution in [2.24, 2.45) is 5.92 Å². The smallest absolute Gasteiger partial charge is 0.407 e. The summed E-state index contributed by atoms with van der Waals surface area (Å²) in [6.45, 7) is 3.62. The minimum Gasteiger partial charge on any atom is -0.480 e. The summed E-state index contributed by atoms with van der Waals surface area (Å²) in [5.41, 5.74) is 0. The van der Waals surface area contributed by atoms with Gasteiger partial charge < -0.3 is 15.2 Å². The fourth-order valence-electron chi connectivity index (χ4n) is 0.869. The van der Waals surface area contributed by atoms with Crippen LogP contribution in [0.1, 0.15) is 20.3 Å². The second kappa shape index (κ2) is 5.40. The van der Waals surface area contributed by atoms with Crippen LogP contribution in [0, 0.1) is 5.92 Å². The van der Waals surface area contributed by atoms with Gasteiger partial charge >= 0.3 is 12.1 Å². The summed E-state index contributed by atoms with van der Waals surface area (Å²) in [5.74, 6) is -1.16. The Morgan fingerprint density at radius 2 is 2.08 bits per heavy atom. The van der Waals surface area contributed by atoms with E-state index in [2.05, 4.69) is 10.1 Å². The van der Waals surface area contributed by atoms with E-state index in [1.165, 1.54) is 7.11 Å². The Bertz CT molecular complexity index is 193. The highest BCUT2D eigenvalue weighted by molar-refractivity contribution is 5.80. The van der Waals surface area contributed by atoms with Gasteiger partial charge in [-0.25, -0.2) is 9.59 Å². The molecule has 0 aromatic heterocycles. The molecular weight excluding hydrogens is 174 g/mol.